The molecule has 3 rings (SSSR count). The number of ether oxygens (including phenoxy) is 1. The van der Waals surface area contributed by atoms with Crippen LogP contribution in [0, 0.1) is 5.82 Å². The maximum Gasteiger partial charge on any atom is 0.246 e. The summed E-state index contributed by atoms with van der Waals surface area (Å²) in [6.45, 7) is 5.51. The number of hydrogen-bond donors (Lipinski definition) is 1. The number of nitrogens with zero attached hydrogens (tertiary/aromatic N) is 3. The molecule has 0 bridgehead atoms. The Morgan fingerprint density at radius 1 is 1.19 bits per heavy atom. The standard InChI is InChI=1S/C24H25FN4O3/c1-4-14-28(23(31)5-2)16-22(30)27-24-26-21(17-6-12-20(32-3)13-7-17)15-29(24)19-10-8-18(25)9-11-19/h4,6-13,15H,1,5,14,16H2,2-3H3,(H,26,27,30). The molecule has 1 aromatic heterocycles. The van der Waals surface area contributed by atoms with Crippen LogP contribution in [0.2, 0.25) is 0 Å². The number of nitrogens with one attached hydrogen (secondary N) is 1. The molecule has 0 fully saturated rings. The molecule has 0 unspecified atom stereocenters. The minimum Gasteiger partial charge on any atom is -0.497 e. The molecule has 0 aliphatic rings. The number of anilines is 1. The van der Waals surface area contributed by atoms with Gasteiger partial charge in [0.1, 0.15) is 18.1 Å². The average Bonchev–Trinajstić information content (AvgIpc) is 3.22. The molecular formula is C24H25FN4O3. The largest absolute Gasteiger partial charge is 0.497 e. The van der Waals surface area contributed by atoms with Crippen molar-refractivity contribution >= 4 is 17.8 Å². The van der Waals surface area contributed by atoms with E-state index in [1.54, 1.807) is 43.0 Å². The Kier molecular flexibility index (Phi) is 7.38. The van der Waals surface area contributed by atoms with Gasteiger partial charge in [-0.25, -0.2) is 9.37 Å². The quantitative estimate of drug-likeness (QED) is 0.514. The minimum absolute atomic E-state index is 0.132. The maximum atomic E-state index is 13.4. The average molecular weight is 436 g/mol. The van der Waals surface area contributed by atoms with E-state index in [1.165, 1.54) is 17.0 Å². The number of amides is 2. The molecule has 1 N–H and O–H groups in total. The van der Waals surface area contributed by atoms with Gasteiger partial charge in [0.2, 0.25) is 17.8 Å². The third kappa shape index (κ3) is 5.40. The molecular weight excluding hydrogens is 411 g/mol. The molecule has 0 atom stereocenters. The van der Waals surface area contributed by atoms with Crippen LogP contribution in [0.3, 0.4) is 0 Å². The Morgan fingerprint density at radius 2 is 1.88 bits per heavy atom. The second kappa shape index (κ2) is 10.4. The van der Waals surface area contributed by atoms with Crippen molar-refractivity contribution in [1.82, 2.24) is 14.5 Å². The summed E-state index contributed by atoms with van der Waals surface area (Å²) in [6.07, 6.45) is 3.61. The van der Waals surface area contributed by atoms with Gasteiger partial charge >= 0.3 is 0 Å². The van der Waals surface area contributed by atoms with E-state index >= 15 is 0 Å². The Balaban J connectivity index is 1.92. The summed E-state index contributed by atoms with van der Waals surface area (Å²) in [5.74, 6) is 0.0517. The van der Waals surface area contributed by atoms with Gasteiger partial charge < -0.3 is 9.64 Å². The van der Waals surface area contributed by atoms with Crippen molar-refractivity contribution in [3.63, 3.8) is 0 Å². The zero-order valence-electron chi connectivity index (χ0n) is 18.0. The van der Waals surface area contributed by atoms with Crippen LogP contribution in [-0.4, -0.2) is 46.5 Å². The Morgan fingerprint density at radius 3 is 2.47 bits per heavy atom. The lowest BCUT2D eigenvalue weighted by atomic mass is 10.1. The molecule has 0 saturated carbocycles. The van der Waals surface area contributed by atoms with E-state index in [-0.39, 0.29) is 37.2 Å². The summed E-state index contributed by atoms with van der Waals surface area (Å²) in [5, 5.41) is 2.77. The van der Waals surface area contributed by atoms with Gasteiger partial charge in [0, 0.05) is 30.4 Å². The number of aromatic nitrogens is 2. The molecule has 0 spiro atoms. The van der Waals surface area contributed by atoms with E-state index in [9.17, 15) is 14.0 Å². The number of carbonyl (C=O) groups is 2. The molecule has 1 heterocycles. The summed E-state index contributed by atoms with van der Waals surface area (Å²) < 4.78 is 20.3. The number of carbonyl (C=O) groups excluding carboxylic acids is 2. The van der Waals surface area contributed by atoms with E-state index < -0.39 is 5.91 Å². The predicted octanol–water partition coefficient (Wildman–Crippen LogP) is 4.05. The first-order valence-electron chi connectivity index (χ1n) is 10.1. The highest BCUT2D eigenvalue weighted by Gasteiger charge is 2.18. The molecule has 8 heteroatoms. The monoisotopic (exact) mass is 436 g/mol. The van der Waals surface area contributed by atoms with E-state index in [2.05, 4.69) is 16.9 Å². The van der Waals surface area contributed by atoms with E-state index in [0.29, 0.717) is 17.1 Å². The highest BCUT2D eigenvalue weighted by molar-refractivity contribution is 5.93. The van der Waals surface area contributed by atoms with Gasteiger partial charge in [-0.05, 0) is 48.5 Å². The fourth-order valence-corrected chi connectivity index (χ4v) is 3.14. The molecule has 2 aromatic carbocycles. The first-order valence-corrected chi connectivity index (χ1v) is 10.1. The van der Waals surface area contributed by atoms with E-state index in [0.717, 1.165) is 5.56 Å². The number of benzene rings is 2. The van der Waals surface area contributed by atoms with Crippen LogP contribution in [0.1, 0.15) is 13.3 Å². The summed E-state index contributed by atoms with van der Waals surface area (Å²) in [6, 6.07) is 13.2. The SMILES string of the molecule is C=CCN(CC(=O)Nc1nc(-c2ccc(OC)cc2)cn1-c1ccc(F)cc1)C(=O)CC. The van der Waals surface area contributed by atoms with Gasteiger partial charge in [0.15, 0.2) is 0 Å². The minimum atomic E-state index is -0.399. The highest BCUT2D eigenvalue weighted by Crippen LogP contribution is 2.26. The molecule has 0 saturated heterocycles. The van der Waals surface area contributed by atoms with Gasteiger partial charge in [-0.2, -0.15) is 0 Å². The van der Waals surface area contributed by atoms with Crippen LogP contribution >= 0.6 is 0 Å². The smallest absolute Gasteiger partial charge is 0.246 e. The second-order valence-electron chi connectivity index (χ2n) is 6.99. The zero-order chi connectivity index (χ0) is 23.1. The van der Waals surface area contributed by atoms with Gasteiger partial charge in [0.25, 0.3) is 0 Å². The van der Waals surface area contributed by atoms with E-state index in [4.69, 9.17) is 4.74 Å². The molecule has 0 aliphatic heterocycles. The molecule has 0 radical (unpaired) electrons. The van der Waals surface area contributed by atoms with Crippen molar-refractivity contribution in [3.8, 4) is 22.7 Å². The number of hydrogen-bond acceptors (Lipinski definition) is 4. The number of methoxy groups -OCH3 is 1. The fourth-order valence-electron chi connectivity index (χ4n) is 3.14. The zero-order valence-corrected chi connectivity index (χ0v) is 18.0. The van der Waals surface area contributed by atoms with Crippen LogP contribution in [0.25, 0.3) is 16.9 Å². The Labute approximate surface area is 186 Å². The highest BCUT2D eigenvalue weighted by atomic mass is 19.1. The maximum absolute atomic E-state index is 13.4. The topological polar surface area (TPSA) is 76.5 Å². The lowest BCUT2D eigenvalue weighted by Crippen LogP contribution is -2.38. The van der Waals surface area contributed by atoms with Crippen LogP contribution in [0.4, 0.5) is 10.3 Å². The molecule has 2 amide bonds. The van der Waals surface area contributed by atoms with Gasteiger partial charge in [-0.15, -0.1) is 6.58 Å². The van der Waals surface area contributed by atoms with Gasteiger partial charge in [-0.3, -0.25) is 19.5 Å². The van der Waals surface area contributed by atoms with Crippen molar-refractivity contribution in [2.24, 2.45) is 0 Å². The summed E-state index contributed by atoms with van der Waals surface area (Å²) in [7, 11) is 1.59. The second-order valence-corrected chi connectivity index (χ2v) is 6.99. The van der Waals surface area contributed by atoms with Gasteiger partial charge in [0.05, 0.1) is 12.8 Å². The molecule has 3 aromatic rings. The van der Waals surface area contributed by atoms with Crippen molar-refractivity contribution in [2.75, 3.05) is 25.5 Å². The van der Waals surface area contributed by atoms with Crippen molar-refractivity contribution < 1.29 is 18.7 Å². The summed E-state index contributed by atoms with van der Waals surface area (Å²) in [4.78, 5) is 30.8. The van der Waals surface area contributed by atoms with Crippen molar-refractivity contribution in [1.29, 1.82) is 0 Å². The molecule has 7 nitrogen and oxygen atoms in total. The Bertz CT molecular complexity index is 1090. The fraction of sp³-hybridized carbons (Fsp3) is 0.208. The third-order valence-electron chi connectivity index (χ3n) is 4.79. The van der Waals surface area contributed by atoms with Crippen molar-refractivity contribution in [3.05, 3.63) is 73.2 Å². The van der Waals surface area contributed by atoms with Crippen LogP contribution < -0.4 is 10.1 Å². The van der Waals surface area contributed by atoms with Crippen molar-refractivity contribution in [2.45, 2.75) is 13.3 Å². The summed E-state index contributed by atoms with van der Waals surface area (Å²) >= 11 is 0. The summed E-state index contributed by atoms with van der Waals surface area (Å²) in [5.41, 5.74) is 2.05. The third-order valence-corrected chi connectivity index (χ3v) is 4.79. The first-order chi connectivity index (χ1) is 15.4. The molecule has 166 valence electrons. The van der Waals surface area contributed by atoms with E-state index in [1.807, 2.05) is 24.3 Å². The molecule has 0 aliphatic carbocycles. The predicted molar refractivity (Wildman–Crippen MR) is 121 cm³/mol. The van der Waals surface area contributed by atoms with Gasteiger partial charge in [-0.1, -0.05) is 13.0 Å². The number of halogens is 1. The Hall–Kier alpha value is -3.94. The number of rotatable bonds is 9. The lowest BCUT2D eigenvalue weighted by molar-refractivity contribution is -0.133. The van der Waals surface area contributed by atoms with Crippen LogP contribution in [0.15, 0.2) is 67.4 Å². The number of imidazole rings is 1. The van der Waals surface area contributed by atoms with Crippen LogP contribution in [-0.2, 0) is 9.59 Å². The van der Waals surface area contributed by atoms with Crippen LogP contribution in [0.5, 0.6) is 5.75 Å². The lowest BCUT2D eigenvalue weighted by Gasteiger charge is -2.19. The normalized spacial score (nSPS) is 10.5. The first kappa shape index (κ1) is 22.7. The molecule has 32 heavy (non-hydrogen) atoms.